The lowest BCUT2D eigenvalue weighted by Gasteiger charge is -2.06. The lowest BCUT2D eigenvalue weighted by Crippen LogP contribution is -2.14. The van der Waals surface area contributed by atoms with Gasteiger partial charge in [-0.25, -0.2) is 4.79 Å². The number of halogens is 1. The number of rotatable bonds is 6. The predicted molar refractivity (Wildman–Crippen MR) is 101 cm³/mol. The molecule has 0 atom stereocenters. The summed E-state index contributed by atoms with van der Waals surface area (Å²) in [5, 5.41) is 3.99. The van der Waals surface area contributed by atoms with E-state index in [4.69, 9.17) is 9.15 Å². The Balaban J connectivity index is 1.92. The maximum atomic E-state index is 12.5. The van der Waals surface area contributed by atoms with E-state index >= 15 is 0 Å². The number of unbranched alkanes of at least 4 members (excludes halogenated alkanes) is 1. The van der Waals surface area contributed by atoms with Crippen LogP contribution in [0.1, 0.15) is 40.7 Å². The number of furan rings is 1. The molecule has 1 N–H and O–H groups in total. The van der Waals surface area contributed by atoms with Gasteiger partial charge in [0.05, 0.1) is 6.61 Å². The third-order valence-corrected chi connectivity index (χ3v) is 5.07. The highest BCUT2D eigenvalue weighted by Crippen LogP contribution is 2.36. The molecule has 1 aromatic carbocycles. The quantitative estimate of drug-likeness (QED) is 0.423. The van der Waals surface area contributed by atoms with Gasteiger partial charge in [-0.3, -0.25) is 4.79 Å². The van der Waals surface area contributed by atoms with Gasteiger partial charge in [0.15, 0.2) is 10.4 Å². The Kier molecular flexibility index (Phi) is 5.55. The molecule has 5 nitrogen and oxygen atoms in total. The van der Waals surface area contributed by atoms with Gasteiger partial charge in [0.1, 0.15) is 10.6 Å². The number of thiophene rings is 1. The molecule has 3 aromatic rings. The maximum Gasteiger partial charge on any atom is 0.341 e. The summed E-state index contributed by atoms with van der Waals surface area (Å²) >= 11 is 4.50. The standard InChI is InChI=1S/C18H16BrNO4S/c1-2-3-10-23-18(22)15-11-6-4-5-7-13(11)25-17(15)20-16(21)12-8-9-14(19)24-12/h4-9H,2-3,10H2,1H3,(H,20,21). The first-order valence-electron chi connectivity index (χ1n) is 7.85. The topological polar surface area (TPSA) is 68.5 Å². The first-order chi connectivity index (χ1) is 12.1. The van der Waals surface area contributed by atoms with Crippen molar-refractivity contribution in [1.82, 2.24) is 0 Å². The minimum Gasteiger partial charge on any atom is -0.462 e. The molecule has 2 heterocycles. The van der Waals surface area contributed by atoms with Gasteiger partial charge in [-0.1, -0.05) is 31.5 Å². The lowest BCUT2D eigenvalue weighted by molar-refractivity contribution is 0.0503. The first kappa shape index (κ1) is 17.7. The molecule has 3 rings (SSSR count). The van der Waals surface area contributed by atoms with E-state index in [2.05, 4.69) is 21.2 Å². The molecule has 0 bridgehead atoms. The zero-order valence-corrected chi connectivity index (χ0v) is 15.9. The number of amides is 1. The fourth-order valence-electron chi connectivity index (χ4n) is 2.32. The minimum atomic E-state index is -0.429. The number of carbonyl (C=O) groups is 2. The summed E-state index contributed by atoms with van der Waals surface area (Å²) in [7, 11) is 0. The predicted octanol–water partition coefficient (Wildman–Crippen LogP) is 5.47. The molecule has 7 heteroatoms. The summed E-state index contributed by atoms with van der Waals surface area (Å²) in [5.74, 6) is -0.684. The Hall–Kier alpha value is -2.12. The number of benzene rings is 1. The molecular weight excluding hydrogens is 406 g/mol. The van der Waals surface area contributed by atoms with Crippen LogP contribution in [-0.2, 0) is 4.74 Å². The van der Waals surface area contributed by atoms with E-state index in [-0.39, 0.29) is 5.76 Å². The van der Waals surface area contributed by atoms with E-state index < -0.39 is 11.9 Å². The zero-order valence-electron chi connectivity index (χ0n) is 13.5. The highest BCUT2D eigenvalue weighted by Gasteiger charge is 2.23. The molecule has 0 saturated carbocycles. The number of fused-ring (bicyclic) bond motifs is 1. The number of anilines is 1. The Morgan fingerprint density at radius 2 is 2.04 bits per heavy atom. The van der Waals surface area contributed by atoms with Gasteiger partial charge in [0, 0.05) is 10.1 Å². The van der Waals surface area contributed by atoms with Crippen LogP contribution >= 0.6 is 27.3 Å². The van der Waals surface area contributed by atoms with Crippen molar-refractivity contribution in [2.45, 2.75) is 19.8 Å². The summed E-state index contributed by atoms with van der Waals surface area (Å²) < 4.78 is 12.0. The van der Waals surface area contributed by atoms with E-state index in [0.29, 0.717) is 21.8 Å². The number of esters is 1. The monoisotopic (exact) mass is 421 g/mol. The van der Waals surface area contributed by atoms with E-state index in [1.807, 2.05) is 31.2 Å². The molecule has 1 amide bonds. The fraction of sp³-hybridized carbons (Fsp3) is 0.222. The van der Waals surface area contributed by atoms with Crippen LogP contribution in [0, 0.1) is 0 Å². The Bertz CT molecular complexity index is 915. The minimum absolute atomic E-state index is 0.162. The second-order valence-electron chi connectivity index (χ2n) is 5.35. The van der Waals surface area contributed by atoms with E-state index in [1.54, 1.807) is 12.1 Å². The number of hydrogen-bond acceptors (Lipinski definition) is 5. The van der Waals surface area contributed by atoms with Crippen LogP contribution in [0.5, 0.6) is 0 Å². The molecular formula is C18H16BrNO4S. The van der Waals surface area contributed by atoms with Gasteiger partial charge >= 0.3 is 5.97 Å². The van der Waals surface area contributed by atoms with Crippen LogP contribution < -0.4 is 5.32 Å². The second kappa shape index (κ2) is 7.84. The van der Waals surface area contributed by atoms with Crippen molar-refractivity contribution < 1.29 is 18.7 Å². The van der Waals surface area contributed by atoms with Crippen molar-refractivity contribution in [3.63, 3.8) is 0 Å². The van der Waals surface area contributed by atoms with E-state index in [0.717, 1.165) is 22.9 Å². The molecule has 0 aliphatic rings. The van der Waals surface area contributed by atoms with Crippen LogP contribution in [0.2, 0.25) is 0 Å². The van der Waals surface area contributed by atoms with E-state index in [9.17, 15) is 9.59 Å². The van der Waals surface area contributed by atoms with Crippen LogP contribution in [-0.4, -0.2) is 18.5 Å². The number of carbonyl (C=O) groups excluding carboxylic acids is 2. The first-order valence-corrected chi connectivity index (χ1v) is 9.46. The lowest BCUT2D eigenvalue weighted by atomic mass is 10.1. The zero-order chi connectivity index (χ0) is 17.8. The third kappa shape index (κ3) is 3.93. The van der Waals surface area contributed by atoms with E-state index in [1.165, 1.54) is 11.3 Å². The highest BCUT2D eigenvalue weighted by atomic mass is 79.9. The molecule has 130 valence electrons. The molecule has 0 radical (unpaired) electrons. The summed E-state index contributed by atoms with van der Waals surface area (Å²) in [4.78, 5) is 24.9. The Morgan fingerprint density at radius 1 is 1.24 bits per heavy atom. The average Bonchev–Trinajstić information content (AvgIpc) is 3.18. The van der Waals surface area contributed by atoms with Crippen molar-refractivity contribution in [1.29, 1.82) is 0 Å². The molecule has 0 saturated heterocycles. The van der Waals surface area contributed by atoms with Crippen molar-refractivity contribution in [3.8, 4) is 0 Å². The number of hydrogen-bond donors (Lipinski definition) is 1. The maximum absolute atomic E-state index is 12.5. The average molecular weight is 422 g/mol. The van der Waals surface area contributed by atoms with Crippen molar-refractivity contribution in [3.05, 3.63) is 52.4 Å². The molecule has 25 heavy (non-hydrogen) atoms. The number of ether oxygens (including phenoxy) is 1. The van der Waals surface area contributed by atoms with Gasteiger partial charge in [0.2, 0.25) is 0 Å². The molecule has 0 unspecified atom stereocenters. The van der Waals surface area contributed by atoms with Crippen molar-refractivity contribution in [2.24, 2.45) is 0 Å². The van der Waals surface area contributed by atoms with Crippen LogP contribution in [0.15, 0.2) is 45.5 Å². The summed E-state index contributed by atoms with van der Waals surface area (Å²) in [5.41, 5.74) is 0.385. The van der Waals surface area contributed by atoms with Gasteiger partial charge < -0.3 is 14.5 Å². The highest BCUT2D eigenvalue weighted by molar-refractivity contribution is 9.10. The molecule has 0 spiro atoms. The second-order valence-corrected chi connectivity index (χ2v) is 7.18. The molecule has 2 aromatic heterocycles. The Morgan fingerprint density at radius 3 is 2.76 bits per heavy atom. The summed E-state index contributed by atoms with van der Waals surface area (Å²) in [6.07, 6.45) is 1.74. The largest absolute Gasteiger partial charge is 0.462 e. The van der Waals surface area contributed by atoms with Crippen LogP contribution in [0.3, 0.4) is 0 Å². The molecule has 0 aliphatic heterocycles. The Labute approximate surface area is 157 Å². The van der Waals surface area contributed by atoms with Crippen molar-refractivity contribution >= 4 is 54.2 Å². The third-order valence-electron chi connectivity index (χ3n) is 3.55. The smallest absolute Gasteiger partial charge is 0.341 e. The molecule has 0 fully saturated rings. The normalized spacial score (nSPS) is 10.8. The van der Waals surface area contributed by atoms with Gasteiger partial charge in [-0.05, 0) is 40.5 Å². The van der Waals surface area contributed by atoms with Gasteiger partial charge in [-0.2, -0.15) is 0 Å². The number of nitrogens with one attached hydrogen (secondary N) is 1. The summed E-state index contributed by atoms with van der Waals surface area (Å²) in [6.45, 7) is 2.39. The summed E-state index contributed by atoms with van der Waals surface area (Å²) in [6, 6.07) is 10.7. The fourth-order valence-corrected chi connectivity index (χ4v) is 3.71. The van der Waals surface area contributed by atoms with Crippen LogP contribution in [0.4, 0.5) is 5.00 Å². The van der Waals surface area contributed by atoms with Gasteiger partial charge in [0.25, 0.3) is 5.91 Å². The SMILES string of the molecule is CCCCOC(=O)c1c(NC(=O)c2ccc(Br)o2)sc2ccccc12. The van der Waals surface area contributed by atoms with Crippen molar-refractivity contribution in [2.75, 3.05) is 11.9 Å². The molecule has 0 aliphatic carbocycles. The van der Waals surface area contributed by atoms with Crippen LogP contribution in [0.25, 0.3) is 10.1 Å². The van der Waals surface area contributed by atoms with Gasteiger partial charge in [-0.15, -0.1) is 11.3 Å².